The highest BCUT2D eigenvalue weighted by atomic mass is 35.5. The maximum Gasteiger partial charge on any atom is 0.410 e. The van der Waals surface area contributed by atoms with Crippen LogP contribution in [0, 0.1) is 0 Å². The second-order valence-corrected chi connectivity index (χ2v) is 7.60. The van der Waals surface area contributed by atoms with Gasteiger partial charge in [-0.15, -0.1) is 0 Å². The molecule has 0 amide bonds. The number of esters is 1. The smallest absolute Gasteiger partial charge is 0.410 e. The van der Waals surface area contributed by atoms with Crippen molar-refractivity contribution in [1.29, 1.82) is 0 Å². The van der Waals surface area contributed by atoms with E-state index >= 15 is 0 Å². The quantitative estimate of drug-likeness (QED) is 0.471. The molecule has 0 saturated carbocycles. The molecule has 1 aromatic rings. The highest BCUT2D eigenvalue weighted by Gasteiger charge is 2.57. The van der Waals surface area contributed by atoms with E-state index in [1.54, 1.807) is 0 Å². The van der Waals surface area contributed by atoms with Crippen molar-refractivity contribution < 1.29 is 36.3 Å². The fourth-order valence-corrected chi connectivity index (χ4v) is 4.41. The Morgan fingerprint density at radius 3 is 2.08 bits per heavy atom. The highest BCUT2D eigenvalue weighted by molar-refractivity contribution is 7.55. The molecule has 6 nitrogen and oxygen atoms in total. The Balaban J connectivity index is 3.40. The Labute approximate surface area is 154 Å². The number of hydrogen-bond donors (Lipinski definition) is 1. The first-order valence-electron chi connectivity index (χ1n) is 7.64. The Morgan fingerprint density at radius 1 is 1.19 bits per heavy atom. The van der Waals surface area contributed by atoms with Crippen LogP contribution in [-0.2, 0) is 23.1 Å². The summed E-state index contributed by atoms with van der Waals surface area (Å²) in [6, 6.07) is 2.76. The van der Waals surface area contributed by atoms with Crippen molar-refractivity contribution in [3.8, 4) is 0 Å². The van der Waals surface area contributed by atoms with E-state index in [2.05, 4.69) is 10.1 Å². The lowest BCUT2D eigenvalue weighted by Gasteiger charge is -2.32. The topological polar surface area (TPSA) is 73.9 Å². The molecule has 0 aromatic heterocycles. The van der Waals surface area contributed by atoms with Crippen molar-refractivity contribution >= 4 is 30.9 Å². The summed E-state index contributed by atoms with van der Waals surface area (Å²) in [5, 5.41) is 2.48. The van der Waals surface area contributed by atoms with Gasteiger partial charge in [-0.05, 0) is 38.1 Å². The summed E-state index contributed by atoms with van der Waals surface area (Å²) < 4.78 is 68.5. The van der Waals surface area contributed by atoms with E-state index in [0.29, 0.717) is 5.02 Å². The largest absolute Gasteiger partial charge is 0.468 e. The van der Waals surface area contributed by atoms with Gasteiger partial charge in [0.1, 0.15) is 6.04 Å². The van der Waals surface area contributed by atoms with Gasteiger partial charge >= 0.3 is 19.7 Å². The Morgan fingerprint density at radius 2 is 1.69 bits per heavy atom. The molecule has 26 heavy (non-hydrogen) atoms. The van der Waals surface area contributed by atoms with Crippen LogP contribution < -0.4 is 5.32 Å². The zero-order valence-electron chi connectivity index (χ0n) is 14.4. The van der Waals surface area contributed by atoms with Crippen LogP contribution in [0.3, 0.4) is 0 Å². The molecule has 0 fully saturated rings. The van der Waals surface area contributed by atoms with Crippen molar-refractivity contribution in [3.05, 3.63) is 29.3 Å². The standard InChI is InChI=1S/C15H20ClF3NO5P/c1-4-24-26(22,25-5-2)12(14(21)23-3)13(15(17,18)19)20-11-8-6-10(16)7-9-11/h6-9,12-13,20H,4-5H2,1-3H3. The van der Waals surface area contributed by atoms with Crippen molar-refractivity contribution in [2.45, 2.75) is 31.7 Å². The van der Waals surface area contributed by atoms with Crippen molar-refractivity contribution in [2.24, 2.45) is 0 Å². The van der Waals surface area contributed by atoms with Gasteiger partial charge in [-0.1, -0.05) is 11.6 Å². The van der Waals surface area contributed by atoms with E-state index in [9.17, 15) is 22.5 Å². The van der Waals surface area contributed by atoms with Gasteiger partial charge in [0.05, 0.1) is 20.3 Å². The molecule has 1 N–H and O–H groups in total. The van der Waals surface area contributed by atoms with Gasteiger partial charge in [-0.25, -0.2) is 0 Å². The Hall–Kier alpha value is -1.28. The molecule has 0 saturated heterocycles. The number of halogens is 4. The zero-order chi connectivity index (χ0) is 20.0. The molecular weight excluding hydrogens is 398 g/mol. The second kappa shape index (κ2) is 9.60. The number of carbonyl (C=O) groups is 1. The van der Waals surface area contributed by atoms with Crippen molar-refractivity contribution in [3.63, 3.8) is 0 Å². The van der Waals surface area contributed by atoms with Crippen molar-refractivity contribution in [1.82, 2.24) is 0 Å². The number of benzene rings is 1. The van der Waals surface area contributed by atoms with E-state index in [1.165, 1.54) is 38.1 Å². The van der Waals surface area contributed by atoms with E-state index in [-0.39, 0.29) is 18.9 Å². The molecule has 0 radical (unpaired) electrons. The fourth-order valence-electron chi connectivity index (χ4n) is 2.19. The molecule has 0 aliphatic heterocycles. The van der Waals surface area contributed by atoms with Gasteiger partial charge in [-0.2, -0.15) is 13.2 Å². The third-order valence-corrected chi connectivity index (χ3v) is 5.91. The summed E-state index contributed by atoms with van der Waals surface area (Å²) in [6.45, 7) is 2.43. The number of ether oxygens (including phenoxy) is 1. The maximum atomic E-state index is 13.7. The molecule has 148 valence electrons. The zero-order valence-corrected chi connectivity index (χ0v) is 16.0. The van der Waals surface area contributed by atoms with Crippen LogP contribution in [0.4, 0.5) is 18.9 Å². The van der Waals surface area contributed by atoms with Gasteiger partial charge in [-0.3, -0.25) is 9.36 Å². The number of alkyl halides is 3. The van der Waals surface area contributed by atoms with Crippen LogP contribution in [0.5, 0.6) is 0 Å². The van der Waals surface area contributed by atoms with E-state index in [4.69, 9.17) is 20.6 Å². The van der Waals surface area contributed by atoms with E-state index < -0.39 is 31.4 Å². The van der Waals surface area contributed by atoms with Gasteiger partial charge in [0, 0.05) is 10.7 Å². The first-order valence-corrected chi connectivity index (χ1v) is 9.63. The molecule has 0 spiro atoms. The first-order chi connectivity index (χ1) is 12.1. The third-order valence-electron chi connectivity index (χ3n) is 3.24. The first kappa shape index (κ1) is 22.8. The minimum Gasteiger partial charge on any atom is -0.468 e. The van der Waals surface area contributed by atoms with Crippen LogP contribution in [0.1, 0.15) is 13.8 Å². The number of carbonyl (C=O) groups excluding carboxylic acids is 1. The van der Waals surface area contributed by atoms with E-state index in [1.807, 2.05) is 0 Å². The average molecular weight is 418 g/mol. The lowest BCUT2D eigenvalue weighted by Crippen LogP contribution is -2.50. The molecule has 11 heteroatoms. The molecule has 2 unspecified atom stereocenters. The Bertz CT molecular complexity index is 631. The van der Waals surface area contributed by atoms with Gasteiger partial charge in [0.25, 0.3) is 0 Å². The lowest BCUT2D eigenvalue weighted by atomic mass is 10.1. The minimum absolute atomic E-state index is 0.0187. The summed E-state index contributed by atoms with van der Waals surface area (Å²) in [5.74, 6) is -1.36. The van der Waals surface area contributed by atoms with Gasteiger partial charge in [0.15, 0.2) is 5.66 Å². The average Bonchev–Trinajstić information content (AvgIpc) is 2.55. The second-order valence-electron chi connectivity index (χ2n) is 5.01. The normalized spacial score (nSPS) is 14.6. The monoisotopic (exact) mass is 417 g/mol. The van der Waals surface area contributed by atoms with Crippen LogP contribution in [-0.4, -0.2) is 44.2 Å². The number of rotatable bonds is 9. The van der Waals surface area contributed by atoms with Crippen LogP contribution in [0.15, 0.2) is 24.3 Å². The van der Waals surface area contributed by atoms with Crippen molar-refractivity contribution in [2.75, 3.05) is 25.6 Å². The Kier molecular flexibility index (Phi) is 8.40. The summed E-state index contributed by atoms with van der Waals surface area (Å²) in [4.78, 5) is 12.1. The predicted molar refractivity (Wildman–Crippen MR) is 91.6 cm³/mol. The van der Waals surface area contributed by atoms with Crippen LogP contribution in [0.2, 0.25) is 5.02 Å². The lowest BCUT2D eigenvalue weighted by molar-refractivity contribution is -0.159. The molecule has 2 atom stereocenters. The molecule has 0 aliphatic carbocycles. The number of nitrogens with one attached hydrogen (secondary N) is 1. The number of hydrogen-bond acceptors (Lipinski definition) is 6. The SMILES string of the molecule is CCOP(=O)(OCC)C(C(=O)OC)C(Nc1ccc(Cl)cc1)C(F)(F)F. The molecular formula is C15H20ClF3NO5P. The third kappa shape index (κ3) is 5.87. The maximum absolute atomic E-state index is 13.7. The van der Waals surface area contributed by atoms with Crippen LogP contribution in [0.25, 0.3) is 0 Å². The molecule has 0 bridgehead atoms. The summed E-state index contributed by atoms with van der Waals surface area (Å²) in [6.07, 6.45) is -4.96. The highest BCUT2D eigenvalue weighted by Crippen LogP contribution is 2.56. The minimum atomic E-state index is -4.96. The molecule has 1 aromatic carbocycles. The number of methoxy groups -OCH3 is 1. The summed E-state index contributed by atoms with van der Waals surface area (Å²) >= 11 is 5.72. The van der Waals surface area contributed by atoms with Gasteiger partial charge < -0.3 is 19.1 Å². The molecule has 1 rings (SSSR count). The van der Waals surface area contributed by atoms with E-state index in [0.717, 1.165) is 7.11 Å². The summed E-state index contributed by atoms with van der Waals surface area (Å²) in [5.41, 5.74) is -2.23. The molecule has 0 heterocycles. The molecule has 0 aliphatic rings. The predicted octanol–water partition coefficient (Wildman–Crippen LogP) is 4.49. The fraction of sp³-hybridized carbons (Fsp3) is 0.533. The van der Waals surface area contributed by atoms with Gasteiger partial charge in [0.2, 0.25) is 0 Å². The summed E-state index contributed by atoms with van der Waals surface area (Å²) in [7, 11) is -3.59. The number of anilines is 1. The van der Waals surface area contributed by atoms with Crippen LogP contribution >= 0.6 is 19.2 Å².